The predicted octanol–water partition coefficient (Wildman–Crippen LogP) is 2.59. The number of carbonyl (C=O) groups excluding carboxylic acids is 1. The maximum Gasteiger partial charge on any atom is 0.152 e. The first-order valence-electron chi connectivity index (χ1n) is 4.15. The van der Waals surface area contributed by atoms with Crippen molar-refractivity contribution in [1.82, 2.24) is 0 Å². The Morgan fingerprint density at radius 3 is 2.86 bits per heavy atom. The van der Waals surface area contributed by atoms with Crippen molar-refractivity contribution in [2.24, 2.45) is 0 Å². The van der Waals surface area contributed by atoms with Crippen molar-refractivity contribution in [3.8, 4) is 5.75 Å². The summed E-state index contributed by atoms with van der Waals surface area (Å²) in [4.78, 5) is 10.3. The van der Waals surface area contributed by atoms with Crippen LogP contribution in [0.2, 0.25) is 0 Å². The van der Waals surface area contributed by atoms with E-state index in [0.29, 0.717) is 18.6 Å². The summed E-state index contributed by atoms with van der Waals surface area (Å²) in [5, 5.41) is 0. The molecule has 74 valence electrons. The van der Waals surface area contributed by atoms with Gasteiger partial charge >= 0.3 is 0 Å². The highest BCUT2D eigenvalue weighted by Gasteiger charge is 2.02. The molecule has 0 amide bonds. The number of hydrogen-bond acceptors (Lipinski definition) is 2. The molecule has 0 saturated heterocycles. The third-order valence-electron chi connectivity index (χ3n) is 1.58. The van der Waals surface area contributed by atoms with E-state index < -0.39 is 5.82 Å². The second kappa shape index (κ2) is 4.56. The molecule has 1 aromatic rings. The number of carbonyl (C=O) groups is 1. The molecule has 14 heavy (non-hydrogen) atoms. The summed E-state index contributed by atoms with van der Waals surface area (Å²) >= 11 is 0. The lowest BCUT2D eigenvalue weighted by atomic mass is 10.2. The van der Waals surface area contributed by atoms with Gasteiger partial charge in [0.15, 0.2) is 6.29 Å². The first kappa shape index (κ1) is 10.4. The molecule has 0 spiro atoms. The van der Waals surface area contributed by atoms with Crippen LogP contribution in [0.15, 0.2) is 30.4 Å². The van der Waals surface area contributed by atoms with E-state index in [0.717, 1.165) is 5.57 Å². The summed E-state index contributed by atoms with van der Waals surface area (Å²) < 4.78 is 18.2. The van der Waals surface area contributed by atoms with Crippen LogP contribution in [0.4, 0.5) is 4.39 Å². The van der Waals surface area contributed by atoms with Gasteiger partial charge in [-0.3, -0.25) is 4.79 Å². The fraction of sp³-hybridized carbons (Fsp3) is 0.182. The Morgan fingerprint density at radius 2 is 2.36 bits per heavy atom. The van der Waals surface area contributed by atoms with Crippen molar-refractivity contribution in [3.63, 3.8) is 0 Å². The smallest absolute Gasteiger partial charge is 0.152 e. The van der Waals surface area contributed by atoms with Gasteiger partial charge in [-0.2, -0.15) is 0 Å². The molecule has 1 rings (SSSR count). The summed E-state index contributed by atoms with van der Waals surface area (Å²) in [5.41, 5.74) is 0.887. The molecular weight excluding hydrogens is 183 g/mol. The van der Waals surface area contributed by atoms with Crippen LogP contribution in [0, 0.1) is 5.82 Å². The van der Waals surface area contributed by atoms with Crippen LogP contribution in [0.5, 0.6) is 5.75 Å². The molecule has 0 unspecified atom stereocenters. The van der Waals surface area contributed by atoms with E-state index in [9.17, 15) is 9.18 Å². The lowest BCUT2D eigenvalue weighted by molar-refractivity contribution is 0.112. The van der Waals surface area contributed by atoms with Gasteiger partial charge in [0.25, 0.3) is 0 Å². The highest BCUT2D eigenvalue weighted by Crippen LogP contribution is 2.15. The third-order valence-corrected chi connectivity index (χ3v) is 1.58. The Morgan fingerprint density at radius 1 is 1.64 bits per heavy atom. The molecule has 0 N–H and O–H groups in total. The number of aldehydes is 1. The summed E-state index contributed by atoms with van der Waals surface area (Å²) in [6, 6.07) is 4.12. The summed E-state index contributed by atoms with van der Waals surface area (Å²) in [6.45, 7) is 5.81. The number of ether oxygens (including phenoxy) is 1. The van der Waals surface area contributed by atoms with Crippen LogP contribution >= 0.6 is 0 Å². The van der Waals surface area contributed by atoms with E-state index in [1.165, 1.54) is 12.1 Å². The highest BCUT2D eigenvalue weighted by atomic mass is 19.1. The molecule has 0 heterocycles. The Balaban J connectivity index is 2.76. The number of benzene rings is 1. The van der Waals surface area contributed by atoms with Gasteiger partial charge in [-0.15, -0.1) is 0 Å². The van der Waals surface area contributed by atoms with Gasteiger partial charge in [0.1, 0.15) is 18.2 Å². The highest BCUT2D eigenvalue weighted by molar-refractivity contribution is 5.75. The zero-order valence-corrected chi connectivity index (χ0v) is 7.92. The van der Waals surface area contributed by atoms with Gasteiger partial charge in [0, 0.05) is 6.07 Å². The third kappa shape index (κ3) is 2.69. The first-order chi connectivity index (χ1) is 6.63. The normalized spacial score (nSPS) is 9.57. The van der Waals surface area contributed by atoms with E-state index in [4.69, 9.17) is 4.74 Å². The summed E-state index contributed by atoms with van der Waals surface area (Å²) in [5.74, 6) is -0.171. The second-order valence-corrected chi connectivity index (χ2v) is 3.05. The van der Waals surface area contributed by atoms with Crippen LogP contribution in [-0.2, 0) is 0 Å². The molecule has 0 aliphatic heterocycles. The second-order valence-electron chi connectivity index (χ2n) is 3.05. The van der Waals surface area contributed by atoms with Gasteiger partial charge < -0.3 is 4.74 Å². The SMILES string of the molecule is C=C(C)COc1ccc(C=O)c(F)c1. The maximum absolute atomic E-state index is 13.0. The molecule has 0 aromatic heterocycles. The molecule has 3 heteroatoms. The van der Waals surface area contributed by atoms with Gasteiger partial charge in [-0.1, -0.05) is 6.58 Å². The summed E-state index contributed by atoms with van der Waals surface area (Å²) in [7, 11) is 0. The maximum atomic E-state index is 13.0. The fourth-order valence-electron chi connectivity index (χ4n) is 0.900. The van der Waals surface area contributed by atoms with E-state index in [1.54, 1.807) is 6.07 Å². The molecule has 0 aliphatic rings. The molecule has 0 atom stereocenters. The van der Waals surface area contributed by atoms with E-state index >= 15 is 0 Å². The molecule has 1 aromatic carbocycles. The largest absolute Gasteiger partial charge is 0.489 e. The van der Waals surface area contributed by atoms with Crippen molar-refractivity contribution in [3.05, 3.63) is 41.7 Å². The van der Waals surface area contributed by atoms with Gasteiger partial charge in [-0.25, -0.2) is 4.39 Å². The lowest BCUT2D eigenvalue weighted by Gasteiger charge is -2.05. The Hall–Kier alpha value is -1.64. The molecule has 2 nitrogen and oxygen atoms in total. The minimum atomic E-state index is -0.570. The molecule has 0 aliphatic carbocycles. The number of hydrogen-bond donors (Lipinski definition) is 0. The quantitative estimate of drug-likeness (QED) is 0.544. The van der Waals surface area contributed by atoms with Gasteiger partial charge in [-0.05, 0) is 24.6 Å². The van der Waals surface area contributed by atoms with Crippen molar-refractivity contribution >= 4 is 6.29 Å². The van der Waals surface area contributed by atoms with E-state index in [-0.39, 0.29) is 5.56 Å². The number of halogens is 1. The van der Waals surface area contributed by atoms with Crippen LogP contribution in [-0.4, -0.2) is 12.9 Å². The topological polar surface area (TPSA) is 26.3 Å². The van der Waals surface area contributed by atoms with Crippen molar-refractivity contribution < 1.29 is 13.9 Å². The van der Waals surface area contributed by atoms with Crippen molar-refractivity contribution in [1.29, 1.82) is 0 Å². The minimum absolute atomic E-state index is 0.0349. The van der Waals surface area contributed by atoms with E-state index in [1.807, 2.05) is 6.92 Å². The zero-order valence-electron chi connectivity index (χ0n) is 7.92. The van der Waals surface area contributed by atoms with Crippen LogP contribution in [0.25, 0.3) is 0 Å². The molecule has 0 fully saturated rings. The van der Waals surface area contributed by atoms with Crippen molar-refractivity contribution in [2.45, 2.75) is 6.92 Å². The predicted molar refractivity (Wildman–Crippen MR) is 52.1 cm³/mol. The van der Waals surface area contributed by atoms with Crippen LogP contribution in [0.1, 0.15) is 17.3 Å². The van der Waals surface area contributed by atoms with Gasteiger partial charge in [0.2, 0.25) is 0 Å². The van der Waals surface area contributed by atoms with Crippen LogP contribution in [0.3, 0.4) is 0 Å². The molecule has 0 saturated carbocycles. The van der Waals surface area contributed by atoms with Crippen LogP contribution < -0.4 is 4.74 Å². The Kier molecular flexibility index (Phi) is 3.40. The summed E-state index contributed by atoms with van der Waals surface area (Å²) in [6.07, 6.45) is 0.470. The fourth-order valence-corrected chi connectivity index (χ4v) is 0.900. The standard InChI is InChI=1S/C11H11FO2/c1-8(2)7-14-10-4-3-9(6-13)11(12)5-10/h3-6H,1,7H2,2H3. The molecule has 0 bridgehead atoms. The number of rotatable bonds is 4. The zero-order chi connectivity index (χ0) is 10.6. The Bertz CT molecular complexity index is 358. The average molecular weight is 194 g/mol. The Labute approximate surface area is 82.0 Å². The average Bonchev–Trinajstić information content (AvgIpc) is 2.15. The van der Waals surface area contributed by atoms with Crippen molar-refractivity contribution in [2.75, 3.05) is 6.61 Å². The minimum Gasteiger partial charge on any atom is -0.489 e. The molecule has 0 radical (unpaired) electrons. The first-order valence-corrected chi connectivity index (χ1v) is 4.15. The molecular formula is C11H11FO2. The lowest BCUT2D eigenvalue weighted by Crippen LogP contribution is -1.98. The van der Waals surface area contributed by atoms with E-state index in [2.05, 4.69) is 6.58 Å². The monoisotopic (exact) mass is 194 g/mol. The van der Waals surface area contributed by atoms with Gasteiger partial charge in [0.05, 0.1) is 5.56 Å².